The fraction of sp³-hybridized carbons (Fsp3) is 0.231. The second-order valence-corrected chi connectivity index (χ2v) is 3.75. The van der Waals surface area contributed by atoms with Gasteiger partial charge in [-0.05, 0) is 6.07 Å². The lowest BCUT2D eigenvalue weighted by Crippen LogP contribution is -2.07. The van der Waals surface area contributed by atoms with Crippen molar-refractivity contribution >= 4 is 16.9 Å². The number of aromatic nitrogens is 1. The summed E-state index contributed by atoms with van der Waals surface area (Å²) in [5, 5.41) is 18.5. The molecule has 0 unspecified atom stereocenters. The van der Waals surface area contributed by atoms with Crippen molar-refractivity contribution in [2.24, 2.45) is 0 Å². The number of ether oxygens (including phenoxy) is 1. The Balaban J connectivity index is 2.46. The first-order valence-electron chi connectivity index (χ1n) is 5.58. The molecule has 5 nitrogen and oxygen atoms in total. The molecule has 1 heterocycles. The molecule has 0 saturated carbocycles. The maximum absolute atomic E-state index is 11.3. The highest BCUT2D eigenvalue weighted by Gasteiger charge is 2.16. The average molecular weight is 247 g/mol. The van der Waals surface area contributed by atoms with E-state index >= 15 is 0 Å². The smallest absolute Gasteiger partial charge is 0.340 e. The van der Waals surface area contributed by atoms with Crippen molar-refractivity contribution in [1.82, 2.24) is 4.98 Å². The van der Waals surface area contributed by atoms with Gasteiger partial charge >= 0.3 is 5.97 Å². The van der Waals surface area contributed by atoms with Gasteiger partial charge in [-0.2, -0.15) is 0 Å². The van der Waals surface area contributed by atoms with E-state index in [1.54, 1.807) is 24.3 Å². The van der Waals surface area contributed by atoms with Crippen LogP contribution < -0.4 is 4.74 Å². The molecule has 5 heteroatoms. The quantitative estimate of drug-likeness (QED) is 0.786. The van der Waals surface area contributed by atoms with E-state index in [9.17, 15) is 9.90 Å². The van der Waals surface area contributed by atoms with Gasteiger partial charge in [-0.15, -0.1) is 0 Å². The predicted octanol–water partition coefficient (Wildman–Crippen LogP) is 1.69. The Kier molecular flexibility index (Phi) is 3.74. The minimum atomic E-state index is -1.05. The minimum Gasteiger partial charge on any atom is -0.491 e. The SMILES string of the molecule is O=C(O)c1c(OCCCO)cnc2ccccc12. The molecule has 0 fully saturated rings. The van der Waals surface area contributed by atoms with Crippen molar-refractivity contribution in [2.45, 2.75) is 6.42 Å². The Labute approximate surface area is 104 Å². The standard InChI is InChI=1S/C13H13NO4/c15-6-3-7-18-11-8-14-10-5-2-1-4-9(10)12(11)13(16)17/h1-2,4-5,8,15H,3,6-7H2,(H,16,17). The number of aromatic carboxylic acids is 1. The summed E-state index contributed by atoms with van der Waals surface area (Å²) in [4.78, 5) is 15.5. The van der Waals surface area contributed by atoms with E-state index in [1.165, 1.54) is 6.20 Å². The summed E-state index contributed by atoms with van der Waals surface area (Å²) in [6.07, 6.45) is 1.86. The van der Waals surface area contributed by atoms with Crippen LogP contribution in [0.4, 0.5) is 0 Å². The molecule has 0 spiro atoms. The molecule has 0 radical (unpaired) electrons. The molecule has 0 aliphatic rings. The molecule has 0 saturated heterocycles. The summed E-state index contributed by atoms with van der Waals surface area (Å²) in [7, 11) is 0. The molecule has 0 aliphatic carbocycles. The van der Waals surface area contributed by atoms with Crippen LogP contribution in [0.15, 0.2) is 30.5 Å². The van der Waals surface area contributed by atoms with E-state index in [1.807, 2.05) is 0 Å². The minimum absolute atomic E-state index is 0.00339. The predicted molar refractivity (Wildman–Crippen MR) is 65.9 cm³/mol. The summed E-state index contributed by atoms with van der Waals surface area (Å²) in [6, 6.07) is 7.01. The van der Waals surface area contributed by atoms with Crippen molar-refractivity contribution in [2.75, 3.05) is 13.2 Å². The number of carbonyl (C=O) groups is 1. The highest BCUT2D eigenvalue weighted by Crippen LogP contribution is 2.26. The molecule has 18 heavy (non-hydrogen) atoms. The number of hydrogen-bond acceptors (Lipinski definition) is 4. The molecule has 1 aromatic heterocycles. The third-order valence-electron chi connectivity index (χ3n) is 2.51. The van der Waals surface area contributed by atoms with Crippen LogP contribution in [0.2, 0.25) is 0 Å². The summed E-state index contributed by atoms with van der Waals surface area (Å²) in [5.74, 6) is -0.817. The number of aliphatic hydroxyl groups excluding tert-OH is 1. The molecule has 2 rings (SSSR count). The first kappa shape index (κ1) is 12.3. The van der Waals surface area contributed by atoms with Crippen LogP contribution in [0.3, 0.4) is 0 Å². The Morgan fingerprint density at radius 1 is 1.33 bits per heavy atom. The van der Waals surface area contributed by atoms with Crippen LogP contribution in [-0.2, 0) is 0 Å². The summed E-state index contributed by atoms with van der Waals surface area (Å²) in [6.45, 7) is 0.264. The number of hydrogen-bond donors (Lipinski definition) is 2. The topological polar surface area (TPSA) is 79.7 Å². The summed E-state index contributed by atoms with van der Waals surface area (Å²) in [5.41, 5.74) is 0.725. The van der Waals surface area contributed by atoms with Gasteiger partial charge in [0.15, 0.2) is 5.75 Å². The van der Waals surface area contributed by atoms with E-state index in [4.69, 9.17) is 9.84 Å². The molecule has 0 amide bonds. The van der Waals surface area contributed by atoms with Crippen LogP contribution in [0.1, 0.15) is 16.8 Å². The van der Waals surface area contributed by atoms with Crippen molar-refractivity contribution in [1.29, 1.82) is 0 Å². The second-order valence-electron chi connectivity index (χ2n) is 3.75. The maximum Gasteiger partial charge on any atom is 0.340 e. The number of benzene rings is 1. The molecule has 0 atom stereocenters. The van der Waals surface area contributed by atoms with Gasteiger partial charge in [0.1, 0.15) is 5.56 Å². The van der Waals surface area contributed by atoms with Crippen LogP contribution >= 0.6 is 0 Å². The van der Waals surface area contributed by atoms with Crippen LogP contribution in [0, 0.1) is 0 Å². The number of para-hydroxylation sites is 1. The first-order chi connectivity index (χ1) is 8.74. The van der Waals surface area contributed by atoms with E-state index in [0.717, 1.165) is 0 Å². The number of carboxylic acid groups (broad SMARTS) is 1. The number of fused-ring (bicyclic) bond motifs is 1. The van der Waals surface area contributed by atoms with Crippen LogP contribution in [0.5, 0.6) is 5.75 Å². The monoisotopic (exact) mass is 247 g/mol. The van der Waals surface area contributed by atoms with Gasteiger partial charge in [0.2, 0.25) is 0 Å². The first-order valence-corrected chi connectivity index (χ1v) is 5.58. The lowest BCUT2D eigenvalue weighted by atomic mass is 10.1. The third kappa shape index (κ3) is 2.41. The van der Waals surface area contributed by atoms with Crippen molar-refractivity contribution in [3.8, 4) is 5.75 Å². The Hall–Kier alpha value is -2.14. The van der Waals surface area contributed by atoms with Gasteiger partial charge in [-0.3, -0.25) is 4.98 Å². The second kappa shape index (κ2) is 5.46. The van der Waals surface area contributed by atoms with Gasteiger partial charge < -0.3 is 14.9 Å². The fourth-order valence-electron chi connectivity index (χ4n) is 1.70. The summed E-state index contributed by atoms with van der Waals surface area (Å²) < 4.78 is 5.34. The van der Waals surface area contributed by atoms with Gasteiger partial charge in [-0.25, -0.2) is 4.79 Å². The zero-order chi connectivity index (χ0) is 13.0. The van der Waals surface area contributed by atoms with E-state index < -0.39 is 5.97 Å². The van der Waals surface area contributed by atoms with E-state index in [0.29, 0.717) is 17.3 Å². The normalized spacial score (nSPS) is 10.5. The molecular weight excluding hydrogens is 234 g/mol. The highest BCUT2D eigenvalue weighted by atomic mass is 16.5. The van der Waals surface area contributed by atoms with Crippen molar-refractivity contribution in [3.05, 3.63) is 36.0 Å². The lowest BCUT2D eigenvalue weighted by Gasteiger charge is -2.10. The number of pyridine rings is 1. The highest BCUT2D eigenvalue weighted by molar-refractivity contribution is 6.04. The largest absolute Gasteiger partial charge is 0.491 e. The molecular formula is C13H13NO4. The maximum atomic E-state index is 11.3. The Bertz CT molecular complexity index is 568. The van der Waals surface area contributed by atoms with E-state index in [2.05, 4.69) is 4.98 Å². The summed E-state index contributed by atoms with van der Waals surface area (Å²) >= 11 is 0. The third-order valence-corrected chi connectivity index (χ3v) is 2.51. The number of rotatable bonds is 5. The van der Waals surface area contributed by atoms with Crippen molar-refractivity contribution in [3.63, 3.8) is 0 Å². The molecule has 2 aromatic rings. The Morgan fingerprint density at radius 2 is 2.11 bits per heavy atom. The number of nitrogens with zero attached hydrogens (tertiary/aromatic N) is 1. The molecule has 0 aliphatic heterocycles. The van der Waals surface area contributed by atoms with Gasteiger partial charge in [-0.1, -0.05) is 18.2 Å². The van der Waals surface area contributed by atoms with E-state index in [-0.39, 0.29) is 24.5 Å². The molecule has 0 bridgehead atoms. The lowest BCUT2D eigenvalue weighted by molar-refractivity contribution is 0.0694. The van der Waals surface area contributed by atoms with Gasteiger partial charge in [0.25, 0.3) is 0 Å². The molecule has 2 N–H and O–H groups in total. The van der Waals surface area contributed by atoms with Crippen LogP contribution in [0.25, 0.3) is 10.9 Å². The zero-order valence-corrected chi connectivity index (χ0v) is 9.67. The zero-order valence-electron chi connectivity index (χ0n) is 9.67. The number of carboxylic acids is 1. The van der Waals surface area contributed by atoms with Gasteiger partial charge in [0.05, 0.1) is 18.3 Å². The van der Waals surface area contributed by atoms with Crippen LogP contribution in [-0.4, -0.2) is 34.4 Å². The average Bonchev–Trinajstić information content (AvgIpc) is 2.38. The number of aliphatic hydroxyl groups is 1. The van der Waals surface area contributed by atoms with Crippen molar-refractivity contribution < 1.29 is 19.7 Å². The van der Waals surface area contributed by atoms with Gasteiger partial charge in [0, 0.05) is 18.4 Å². The molecule has 1 aromatic carbocycles. The molecule has 94 valence electrons. The Morgan fingerprint density at radius 3 is 2.83 bits per heavy atom. The fourth-order valence-corrected chi connectivity index (χ4v) is 1.70.